The molecule has 1 amide bonds. The van der Waals surface area contributed by atoms with Gasteiger partial charge in [0, 0.05) is 44.0 Å². The zero-order valence-electron chi connectivity index (χ0n) is 17.0. The number of nitro benzene ring substituents is 1. The molecule has 0 saturated carbocycles. The SMILES string of the molecule is COCCCN(Cc1ccc(OS(C)(=O)=O)cc1)C(=O)c1ccc(C)c([N+](=O)[O-])c1. The number of ether oxygens (including phenoxy) is 1. The zero-order valence-corrected chi connectivity index (χ0v) is 17.8. The fraction of sp³-hybridized carbons (Fsp3) is 0.350. The van der Waals surface area contributed by atoms with Crippen LogP contribution < -0.4 is 4.18 Å². The summed E-state index contributed by atoms with van der Waals surface area (Å²) in [4.78, 5) is 25.3. The highest BCUT2D eigenvalue weighted by Crippen LogP contribution is 2.22. The Morgan fingerprint density at radius 1 is 1.17 bits per heavy atom. The fourth-order valence-electron chi connectivity index (χ4n) is 2.82. The van der Waals surface area contributed by atoms with Crippen LogP contribution in [0.5, 0.6) is 5.75 Å². The highest BCUT2D eigenvalue weighted by Gasteiger charge is 2.20. The molecule has 0 aliphatic rings. The molecule has 0 fully saturated rings. The van der Waals surface area contributed by atoms with Crippen LogP contribution in [-0.4, -0.2) is 50.7 Å². The Morgan fingerprint density at radius 3 is 2.40 bits per heavy atom. The van der Waals surface area contributed by atoms with Gasteiger partial charge in [-0.2, -0.15) is 8.42 Å². The molecule has 0 unspecified atom stereocenters. The molecule has 30 heavy (non-hydrogen) atoms. The molecule has 10 heteroatoms. The van der Waals surface area contributed by atoms with Gasteiger partial charge in [0.25, 0.3) is 11.6 Å². The number of amides is 1. The smallest absolute Gasteiger partial charge is 0.306 e. The van der Waals surface area contributed by atoms with Crippen LogP contribution in [0.1, 0.15) is 27.9 Å². The molecule has 0 radical (unpaired) electrons. The van der Waals surface area contributed by atoms with Crippen molar-refractivity contribution in [2.45, 2.75) is 19.9 Å². The summed E-state index contributed by atoms with van der Waals surface area (Å²) in [7, 11) is -2.06. The summed E-state index contributed by atoms with van der Waals surface area (Å²) in [5.41, 5.74) is 1.34. The molecule has 0 spiro atoms. The van der Waals surface area contributed by atoms with Crippen molar-refractivity contribution in [3.63, 3.8) is 0 Å². The van der Waals surface area contributed by atoms with Crippen molar-refractivity contribution < 1.29 is 27.1 Å². The molecule has 162 valence electrons. The topological polar surface area (TPSA) is 116 Å². The highest BCUT2D eigenvalue weighted by atomic mass is 32.2. The average molecular weight is 436 g/mol. The van der Waals surface area contributed by atoms with Gasteiger partial charge in [-0.3, -0.25) is 14.9 Å². The van der Waals surface area contributed by atoms with Crippen molar-refractivity contribution in [1.29, 1.82) is 0 Å². The highest BCUT2D eigenvalue weighted by molar-refractivity contribution is 7.86. The lowest BCUT2D eigenvalue weighted by molar-refractivity contribution is -0.385. The average Bonchev–Trinajstić information content (AvgIpc) is 2.67. The van der Waals surface area contributed by atoms with Crippen LogP contribution >= 0.6 is 0 Å². The largest absolute Gasteiger partial charge is 0.385 e. The van der Waals surface area contributed by atoms with Gasteiger partial charge in [-0.05, 0) is 37.1 Å². The summed E-state index contributed by atoms with van der Waals surface area (Å²) in [5.74, 6) is -0.168. The van der Waals surface area contributed by atoms with Gasteiger partial charge in [-0.15, -0.1) is 0 Å². The zero-order chi connectivity index (χ0) is 22.3. The van der Waals surface area contributed by atoms with Gasteiger partial charge >= 0.3 is 10.1 Å². The monoisotopic (exact) mass is 436 g/mol. The van der Waals surface area contributed by atoms with Crippen molar-refractivity contribution in [1.82, 2.24) is 4.90 Å². The number of methoxy groups -OCH3 is 1. The van der Waals surface area contributed by atoms with E-state index in [-0.39, 0.29) is 29.5 Å². The lowest BCUT2D eigenvalue weighted by Crippen LogP contribution is -2.32. The Kier molecular flexibility index (Phi) is 7.90. The van der Waals surface area contributed by atoms with E-state index >= 15 is 0 Å². The number of carbonyl (C=O) groups is 1. The van der Waals surface area contributed by atoms with E-state index in [1.807, 2.05) is 0 Å². The van der Waals surface area contributed by atoms with E-state index in [1.165, 1.54) is 18.2 Å². The molecular formula is C20H24N2O7S. The third-order valence-corrected chi connectivity index (χ3v) is 4.76. The number of hydrogen-bond donors (Lipinski definition) is 0. The van der Waals surface area contributed by atoms with Crippen LogP contribution in [0.15, 0.2) is 42.5 Å². The molecule has 2 rings (SSSR count). The first-order chi connectivity index (χ1) is 14.1. The third kappa shape index (κ3) is 6.82. The maximum absolute atomic E-state index is 13.0. The Labute approximate surface area is 175 Å². The van der Waals surface area contributed by atoms with Crippen LogP contribution in [0.3, 0.4) is 0 Å². The van der Waals surface area contributed by atoms with Crippen molar-refractivity contribution in [2.24, 2.45) is 0 Å². The predicted octanol–water partition coefficient (Wildman–Crippen LogP) is 2.92. The molecule has 0 heterocycles. The van der Waals surface area contributed by atoms with Gasteiger partial charge in [-0.25, -0.2) is 0 Å². The van der Waals surface area contributed by atoms with E-state index in [0.717, 1.165) is 11.8 Å². The second kappa shape index (κ2) is 10.2. The molecular weight excluding hydrogens is 412 g/mol. The molecule has 2 aromatic rings. The summed E-state index contributed by atoms with van der Waals surface area (Å²) in [6.45, 7) is 2.70. The van der Waals surface area contributed by atoms with Gasteiger partial charge < -0.3 is 13.8 Å². The van der Waals surface area contributed by atoms with Crippen LogP contribution in [-0.2, 0) is 21.4 Å². The number of hydrogen-bond acceptors (Lipinski definition) is 7. The van der Waals surface area contributed by atoms with Crippen LogP contribution in [0.25, 0.3) is 0 Å². The van der Waals surface area contributed by atoms with E-state index in [4.69, 9.17) is 8.92 Å². The lowest BCUT2D eigenvalue weighted by atomic mass is 10.1. The molecule has 0 N–H and O–H groups in total. The van der Waals surface area contributed by atoms with Crippen molar-refractivity contribution in [2.75, 3.05) is 26.5 Å². The van der Waals surface area contributed by atoms with Crippen LogP contribution in [0.2, 0.25) is 0 Å². The van der Waals surface area contributed by atoms with Gasteiger partial charge in [0.15, 0.2) is 0 Å². The second-order valence-corrected chi connectivity index (χ2v) is 8.34. The summed E-state index contributed by atoms with van der Waals surface area (Å²) < 4.78 is 32.3. The number of nitro groups is 1. The van der Waals surface area contributed by atoms with Crippen molar-refractivity contribution >= 4 is 21.7 Å². The molecule has 0 aliphatic carbocycles. The molecule has 9 nitrogen and oxygen atoms in total. The molecule has 0 aromatic heterocycles. The Bertz CT molecular complexity index is 1000. The first kappa shape index (κ1) is 23.3. The molecule has 0 atom stereocenters. The minimum Gasteiger partial charge on any atom is -0.385 e. The molecule has 0 aliphatic heterocycles. The van der Waals surface area contributed by atoms with Crippen LogP contribution in [0, 0.1) is 17.0 Å². The molecule has 0 saturated heterocycles. The number of benzene rings is 2. The first-order valence-electron chi connectivity index (χ1n) is 9.12. The van der Waals surface area contributed by atoms with E-state index in [9.17, 15) is 23.3 Å². The standard InChI is InChI=1S/C20H24N2O7S/c1-15-5-8-17(13-19(15)22(24)25)20(23)21(11-4-12-28-2)14-16-6-9-18(10-7-16)29-30(3,26)27/h5-10,13H,4,11-12,14H2,1-3H3. The number of carbonyl (C=O) groups excluding carboxylic acids is 1. The summed E-state index contributed by atoms with van der Waals surface area (Å²) >= 11 is 0. The molecule has 2 aromatic carbocycles. The van der Waals surface area contributed by atoms with Gasteiger partial charge in [0.05, 0.1) is 11.2 Å². The summed E-state index contributed by atoms with van der Waals surface area (Å²) in [5, 5.41) is 11.2. The Hall–Kier alpha value is -2.98. The normalized spacial score (nSPS) is 11.2. The summed E-state index contributed by atoms with van der Waals surface area (Å²) in [6, 6.07) is 10.7. The number of rotatable bonds is 10. The van der Waals surface area contributed by atoms with E-state index in [0.29, 0.717) is 25.1 Å². The van der Waals surface area contributed by atoms with Crippen molar-refractivity contribution in [3.05, 3.63) is 69.3 Å². The summed E-state index contributed by atoms with van der Waals surface area (Å²) in [6.07, 6.45) is 1.54. The maximum Gasteiger partial charge on any atom is 0.306 e. The predicted molar refractivity (Wildman–Crippen MR) is 111 cm³/mol. The van der Waals surface area contributed by atoms with Crippen LogP contribution in [0.4, 0.5) is 5.69 Å². The van der Waals surface area contributed by atoms with E-state index in [1.54, 1.807) is 43.2 Å². The second-order valence-electron chi connectivity index (χ2n) is 6.76. The maximum atomic E-state index is 13.0. The molecule has 0 bridgehead atoms. The van der Waals surface area contributed by atoms with Gasteiger partial charge in [0.1, 0.15) is 5.75 Å². The third-order valence-electron chi connectivity index (χ3n) is 4.26. The minimum atomic E-state index is -3.63. The number of aryl methyl sites for hydroxylation is 1. The van der Waals surface area contributed by atoms with E-state index in [2.05, 4.69) is 0 Å². The van der Waals surface area contributed by atoms with Crippen molar-refractivity contribution in [3.8, 4) is 5.75 Å². The first-order valence-corrected chi connectivity index (χ1v) is 10.9. The van der Waals surface area contributed by atoms with Gasteiger partial charge in [0.2, 0.25) is 0 Å². The lowest BCUT2D eigenvalue weighted by Gasteiger charge is -2.23. The quantitative estimate of drug-likeness (QED) is 0.243. The Balaban J connectivity index is 2.24. The van der Waals surface area contributed by atoms with Gasteiger partial charge in [-0.1, -0.05) is 18.2 Å². The minimum absolute atomic E-state index is 0.111. The Morgan fingerprint density at radius 2 is 1.83 bits per heavy atom. The fourth-order valence-corrected chi connectivity index (χ4v) is 3.28. The van der Waals surface area contributed by atoms with E-state index < -0.39 is 15.0 Å². The number of nitrogens with zero attached hydrogens (tertiary/aromatic N) is 2.